The molecule has 0 aromatic heterocycles. The minimum absolute atomic E-state index is 0.201. The van der Waals surface area contributed by atoms with Gasteiger partial charge in [-0.1, -0.05) is 11.2 Å². The van der Waals surface area contributed by atoms with Gasteiger partial charge >= 0.3 is 0 Å². The van der Waals surface area contributed by atoms with Gasteiger partial charge in [-0.3, -0.25) is 0 Å². The van der Waals surface area contributed by atoms with E-state index in [2.05, 4.69) is 10.0 Å². The molecule has 0 saturated carbocycles. The molecule has 2 atom stereocenters. The van der Waals surface area contributed by atoms with E-state index in [-0.39, 0.29) is 15.5 Å². The molecule has 0 radical (unpaired) electrons. The predicted octanol–water partition coefficient (Wildman–Crippen LogP) is 1.79. The SMILES string of the molecule is [N-]=[N+]=Nc1c(S(=O)O)cccc1S(=O)O. The summed E-state index contributed by atoms with van der Waals surface area (Å²) in [5.41, 5.74) is 7.94. The standard InChI is InChI=1S/C6H5N3O4S2/c7-9-8-6-4(14(10)11)2-1-3-5(6)15(12)13/h1-3H,(H,10,11)(H,12,13). The first-order valence-electron chi connectivity index (χ1n) is 3.47. The van der Waals surface area contributed by atoms with E-state index in [4.69, 9.17) is 14.6 Å². The second-order valence-corrected chi connectivity index (χ2v) is 4.17. The van der Waals surface area contributed by atoms with Crippen LogP contribution in [0.25, 0.3) is 10.4 Å². The van der Waals surface area contributed by atoms with Gasteiger partial charge in [0.05, 0.1) is 15.5 Å². The highest BCUT2D eigenvalue weighted by molar-refractivity contribution is 7.80. The van der Waals surface area contributed by atoms with Crippen molar-refractivity contribution in [3.63, 3.8) is 0 Å². The van der Waals surface area contributed by atoms with E-state index in [9.17, 15) is 8.42 Å². The first-order valence-corrected chi connectivity index (χ1v) is 5.69. The molecule has 15 heavy (non-hydrogen) atoms. The molecule has 9 heteroatoms. The van der Waals surface area contributed by atoms with Crippen molar-refractivity contribution in [2.75, 3.05) is 0 Å². The molecule has 0 aliphatic rings. The van der Waals surface area contributed by atoms with Gasteiger partial charge in [0, 0.05) is 4.91 Å². The summed E-state index contributed by atoms with van der Waals surface area (Å²) < 4.78 is 39.3. The zero-order chi connectivity index (χ0) is 11.4. The minimum Gasteiger partial charge on any atom is -0.302 e. The number of hydrogen-bond acceptors (Lipinski definition) is 3. The van der Waals surface area contributed by atoms with Crippen LogP contribution in [-0.2, 0) is 22.2 Å². The summed E-state index contributed by atoms with van der Waals surface area (Å²) in [6, 6.07) is 3.79. The van der Waals surface area contributed by atoms with Crippen molar-refractivity contribution in [2.45, 2.75) is 9.79 Å². The van der Waals surface area contributed by atoms with Crippen LogP contribution in [0.3, 0.4) is 0 Å². The summed E-state index contributed by atoms with van der Waals surface area (Å²) in [5, 5.41) is 3.12. The van der Waals surface area contributed by atoms with E-state index in [1.807, 2.05) is 0 Å². The molecule has 0 saturated heterocycles. The molecule has 2 unspecified atom stereocenters. The van der Waals surface area contributed by atoms with Gasteiger partial charge in [-0.2, -0.15) is 0 Å². The zero-order valence-electron chi connectivity index (χ0n) is 7.10. The maximum absolute atomic E-state index is 10.8. The summed E-state index contributed by atoms with van der Waals surface area (Å²) in [7, 11) is 0. The Morgan fingerprint density at radius 3 is 2.00 bits per heavy atom. The van der Waals surface area contributed by atoms with E-state index >= 15 is 0 Å². The third-order valence-corrected chi connectivity index (χ3v) is 2.89. The largest absolute Gasteiger partial charge is 0.302 e. The highest BCUT2D eigenvalue weighted by Gasteiger charge is 2.14. The molecule has 2 N–H and O–H groups in total. The topological polar surface area (TPSA) is 123 Å². The van der Waals surface area contributed by atoms with Crippen LogP contribution >= 0.6 is 0 Å². The average Bonchev–Trinajstić information content (AvgIpc) is 2.17. The number of hydrogen-bond donors (Lipinski definition) is 2. The van der Waals surface area contributed by atoms with Crippen LogP contribution in [0.1, 0.15) is 0 Å². The van der Waals surface area contributed by atoms with E-state index in [0.29, 0.717) is 0 Å². The number of nitrogens with zero attached hydrogens (tertiary/aromatic N) is 3. The maximum Gasteiger partial charge on any atom is 0.187 e. The van der Waals surface area contributed by atoms with Crippen LogP contribution < -0.4 is 0 Å². The lowest BCUT2D eigenvalue weighted by molar-refractivity contribution is 0.562. The summed E-state index contributed by atoms with van der Waals surface area (Å²) in [6.07, 6.45) is 0. The predicted molar refractivity (Wildman–Crippen MR) is 53.3 cm³/mol. The lowest BCUT2D eigenvalue weighted by Gasteiger charge is -2.03. The number of benzene rings is 1. The third kappa shape index (κ3) is 2.61. The van der Waals surface area contributed by atoms with Crippen molar-refractivity contribution in [3.05, 3.63) is 28.6 Å². The second-order valence-electron chi connectivity index (χ2n) is 2.29. The Bertz CT molecular complexity index is 451. The van der Waals surface area contributed by atoms with Crippen LogP contribution in [0.15, 0.2) is 33.1 Å². The molecule has 0 bridgehead atoms. The summed E-state index contributed by atoms with van der Waals surface area (Å²) in [5.74, 6) is 0. The highest BCUT2D eigenvalue weighted by atomic mass is 32.2. The van der Waals surface area contributed by atoms with Crippen LogP contribution in [0.2, 0.25) is 0 Å². The number of rotatable bonds is 3. The molecule has 1 aromatic rings. The fourth-order valence-electron chi connectivity index (χ4n) is 0.927. The van der Waals surface area contributed by atoms with Gasteiger partial charge in [0.15, 0.2) is 22.2 Å². The second kappa shape index (κ2) is 5.01. The number of azide groups is 1. The first-order chi connectivity index (χ1) is 7.07. The minimum atomic E-state index is -2.38. The van der Waals surface area contributed by atoms with Gasteiger partial charge in [-0.15, -0.1) is 0 Å². The van der Waals surface area contributed by atoms with E-state index in [1.165, 1.54) is 18.2 Å². The Morgan fingerprint density at radius 1 is 1.20 bits per heavy atom. The summed E-state index contributed by atoms with van der Waals surface area (Å²) in [4.78, 5) is 2.02. The fourth-order valence-corrected chi connectivity index (χ4v) is 2.01. The Hall–Kier alpha value is -1.25. The normalized spacial score (nSPS) is 14.0. The zero-order valence-corrected chi connectivity index (χ0v) is 8.73. The Kier molecular flexibility index (Phi) is 3.95. The molecule has 7 nitrogen and oxygen atoms in total. The van der Waals surface area contributed by atoms with E-state index in [1.54, 1.807) is 0 Å². The van der Waals surface area contributed by atoms with Crippen molar-refractivity contribution in [2.24, 2.45) is 5.11 Å². The molecule has 1 rings (SSSR count). The van der Waals surface area contributed by atoms with Gasteiger partial charge in [0.2, 0.25) is 0 Å². The molecular formula is C6H5N3O4S2. The summed E-state index contributed by atoms with van der Waals surface area (Å²) in [6.45, 7) is 0. The Balaban J connectivity index is 3.55. The van der Waals surface area contributed by atoms with Gasteiger partial charge in [-0.25, -0.2) is 8.42 Å². The van der Waals surface area contributed by atoms with Crippen LogP contribution in [0, 0.1) is 0 Å². The van der Waals surface area contributed by atoms with Crippen LogP contribution in [0.5, 0.6) is 0 Å². The third-order valence-electron chi connectivity index (χ3n) is 1.48. The maximum atomic E-state index is 10.8. The summed E-state index contributed by atoms with van der Waals surface area (Å²) >= 11 is -4.76. The Labute approximate surface area is 89.3 Å². The van der Waals surface area contributed by atoms with Crippen molar-refractivity contribution < 1.29 is 17.5 Å². The fraction of sp³-hybridized carbons (Fsp3) is 0. The quantitative estimate of drug-likeness (QED) is 0.365. The average molecular weight is 247 g/mol. The molecule has 1 aromatic carbocycles. The van der Waals surface area contributed by atoms with Gasteiger partial charge in [0.1, 0.15) is 0 Å². The molecule has 0 aliphatic carbocycles. The van der Waals surface area contributed by atoms with Crippen molar-refractivity contribution in [3.8, 4) is 0 Å². The molecule has 0 fully saturated rings. The smallest absolute Gasteiger partial charge is 0.187 e. The Morgan fingerprint density at radius 2 is 1.67 bits per heavy atom. The van der Waals surface area contributed by atoms with Crippen LogP contribution in [0.4, 0.5) is 5.69 Å². The monoisotopic (exact) mass is 247 g/mol. The van der Waals surface area contributed by atoms with E-state index in [0.717, 1.165) is 0 Å². The van der Waals surface area contributed by atoms with Crippen molar-refractivity contribution >= 4 is 27.8 Å². The molecule has 0 spiro atoms. The van der Waals surface area contributed by atoms with Crippen molar-refractivity contribution in [1.82, 2.24) is 0 Å². The molecular weight excluding hydrogens is 242 g/mol. The lowest BCUT2D eigenvalue weighted by atomic mass is 10.3. The lowest BCUT2D eigenvalue weighted by Crippen LogP contribution is -1.94. The van der Waals surface area contributed by atoms with E-state index < -0.39 is 22.2 Å². The highest BCUT2D eigenvalue weighted by Crippen LogP contribution is 2.29. The van der Waals surface area contributed by atoms with Crippen molar-refractivity contribution in [1.29, 1.82) is 0 Å². The van der Waals surface area contributed by atoms with Crippen LogP contribution in [-0.4, -0.2) is 17.5 Å². The first kappa shape index (κ1) is 11.8. The van der Waals surface area contributed by atoms with Gasteiger partial charge < -0.3 is 9.11 Å². The van der Waals surface area contributed by atoms with Gasteiger partial charge in [0.25, 0.3) is 0 Å². The molecule has 0 amide bonds. The molecule has 0 heterocycles. The molecule has 80 valence electrons. The van der Waals surface area contributed by atoms with Gasteiger partial charge in [-0.05, 0) is 17.7 Å². The molecule has 0 aliphatic heterocycles.